The van der Waals surface area contributed by atoms with Crippen LogP contribution >= 0.6 is 0 Å². The second-order valence-electron chi connectivity index (χ2n) is 5.56. The summed E-state index contributed by atoms with van der Waals surface area (Å²) >= 11 is 0. The Morgan fingerprint density at radius 3 is 2.57 bits per heavy atom. The van der Waals surface area contributed by atoms with Crippen LogP contribution < -0.4 is 15.8 Å². The molecule has 0 aromatic heterocycles. The number of primary amides is 1. The van der Waals surface area contributed by atoms with E-state index in [1.807, 2.05) is 19.1 Å². The van der Waals surface area contributed by atoms with E-state index in [-0.39, 0.29) is 18.6 Å². The Balaban J connectivity index is 2.40. The summed E-state index contributed by atoms with van der Waals surface area (Å²) < 4.78 is 5.17. The van der Waals surface area contributed by atoms with Crippen LogP contribution in [-0.4, -0.2) is 24.5 Å². The van der Waals surface area contributed by atoms with E-state index in [4.69, 9.17) is 10.5 Å². The number of amides is 2. The second kappa shape index (κ2) is 10.4. The number of hydrogen-bond acceptors (Lipinski definition) is 3. The molecule has 5 nitrogen and oxygen atoms in total. The molecule has 0 saturated carbocycles. The van der Waals surface area contributed by atoms with Crippen molar-refractivity contribution in [3.05, 3.63) is 35.9 Å². The van der Waals surface area contributed by atoms with Crippen LogP contribution in [0.5, 0.6) is 5.75 Å². The monoisotopic (exact) mass is 318 g/mol. The molecule has 1 unspecified atom stereocenters. The van der Waals surface area contributed by atoms with Gasteiger partial charge in [0.15, 0.2) is 6.61 Å². The second-order valence-corrected chi connectivity index (χ2v) is 5.56. The number of hydrogen-bond donors (Lipinski definition) is 2. The van der Waals surface area contributed by atoms with Gasteiger partial charge in [-0.15, -0.1) is 0 Å². The number of nitrogens with two attached hydrogens (primary N) is 1. The summed E-state index contributed by atoms with van der Waals surface area (Å²) in [6.07, 6.45) is 7.77. The summed E-state index contributed by atoms with van der Waals surface area (Å²) in [5.74, 6) is -0.0447. The summed E-state index contributed by atoms with van der Waals surface area (Å²) in [5, 5.41) is 2.95. The lowest BCUT2D eigenvalue weighted by Gasteiger charge is -2.11. The molecule has 0 saturated heterocycles. The van der Waals surface area contributed by atoms with E-state index in [2.05, 4.69) is 12.2 Å². The fraction of sp³-hybridized carbons (Fsp3) is 0.444. The zero-order valence-electron chi connectivity index (χ0n) is 13.9. The van der Waals surface area contributed by atoms with Crippen molar-refractivity contribution < 1.29 is 14.3 Å². The van der Waals surface area contributed by atoms with E-state index >= 15 is 0 Å². The molecule has 0 aliphatic heterocycles. The van der Waals surface area contributed by atoms with Gasteiger partial charge in [-0.2, -0.15) is 0 Å². The van der Waals surface area contributed by atoms with Crippen molar-refractivity contribution in [3.8, 4) is 5.75 Å². The van der Waals surface area contributed by atoms with E-state index < -0.39 is 5.91 Å². The molecular weight excluding hydrogens is 292 g/mol. The Hall–Kier alpha value is -2.30. The number of rotatable bonds is 10. The smallest absolute Gasteiger partial charge is 0.255 e. The van der Waals surface area contributed by atoms with Gasteiger partial charge in [-0.25, -0.2) is 0 Å². The van der Waals surface area contributed by atoms with Crippen molar-refractivity contribution in [1.29, 1.82) is 0 Å². The molecule has 0 bridgehead atoms. The number of carbonyl (C=O) groups is 2. The molecule has 1 atom stereocenters. The summed E-state index contributed by atoms with van der Waals surface area (Å²) in [7, 11) is 0. The lowest BCUT2D eigenvalue weighted by molar-refractivity contribution is -0.120. The summed E-state index contributed by atoms with van der Waals surface area (Å²) in [6, 6.07) is 7.26. The summed E-state index contributed by atoms with van der Waals surface area (Å²) in [5.41, 5.74) is 5.89. The van der Waals surface area contributed by atoms with E-state index in [1.54, 1.807) is 18.2 Å². The van der Waals surface area contributed by atoms with E-state index in [9.17, 15) is 9.59 Å². The standard InChI is InChI=1S/C18H26N2O3/c1-3-4-5-6-14(2)20-18(22)12-9-15-7-10-16(11-8-15)23-13-17(19)21/h7-12,14H,3-6,13H2,1-2H3,(H2,19,21)(H,20,22)/b12-9+. The minimum absolute atomic E-state index is 0.0944. The molecule has 2 amide bonds. The first-order chi connectivity index (χ1) is 11.0. The first-order valence-electron chi connectivity index (χ1n) is 8.01. The maximum Gasteiger partial charge on any atom is 0.255 e. The summed E-state index contributed by atoms with van der Waals surface area (Å²) in [4.78, 5) is 22.5. The average Bonchev–Trinajstić information content (AvgIpc) is 2.52. The number of ether oxygens (including phenoxy) is 1. The Bertz CT molecular complexity index is 524. The van der Waals surface area contributed by atoms with Crippen molar-refractivity contribution >= 4 is 17.9 Å². The highest BCUT2D eigenvalue weighted by Crippen LogP contribution is 2.13. The quantitative estimate of drug-likeness (QED) is 0.514. The van der Waals surface area contributed by atoms with Crippen LogP contribution in [0.3, 0.4) is 0 Å². The molecule has 0 fully saturated rings. The fourth-order valence-corrected chi connectivity index (χ4v) is 2.07. The van der Waals surface area contributed by atoms with Gasteiger partial charge in [-0.3, -0.25) is 9.59 Å². The first kappa shape index (κ1) is 18.7. The maximum absolute atomic E-state index is 11.8. The Morgan fingerprint density at radius 1 is 1.26 bits per heavy atom. The van der Waals surface area contributed by atoms with E-state index in [0.29, 0.717) is 5.75 Å². The molecule has 0 spiro atoms. The Morgan fingerprint density at radius 2 is 1.96 bits per heavy atom. The van der Waals surface area contributed by atoms with Gasteiger partial charge < -0.3 is 15.8 Å². The Kier molecular flexibility index (Phi) is 8.50. The third kappa shape index (κ3) is 8.66. The van der Waals surface area contributed by atoms with Crippen molar-refractivity contribution in [2.75, 3.05) is 6.61 Å². The SMILES string of the molecule is CCCCCC(C)NC(=O)/C=C/c1ccc(OCC(N)=O)cc1. The molecule has 1 rings (SSSR count). The van der Waals surface area contributed by atoms with Crippen molar-refractivity contribution in [3.63, 3.8) is 0 Å². The lowest BCUT2D eigenvalue weighted by Crippen LogP contribution is -2.30. The highest BCUT2D eigenvalue weighted by Gasteiger charge is 2.04. The highest BCUT2D eigenvalue weighted by atomic mass is 16.5. The van der Waals surface area contributed by atoms with Crippen LogP contribution in [0.1, 0.15) is 45.1 Å². The maximum atomic E-state index is 11.8. The van der Waals surface area contributed by atoms with Gasteiger partial charge in [0.25, 0.3) is 5.91 Å². The lowest BCUT2D eigenvalue weighted by atomic mass is 10.1. The molecule has 23 heavy (non-hydrogen) atoms. The predicted molar refractivity (Wildman–Crippen MR) is 91.9 cm³/mol. The molecule has 0 aliphatic rings. The number of carbonyl (C=O) groups excluding carboxylic acids is 2. The van der Waals surface area contributed by atoms with Crippen molar-refractivity contribution in [1.82, 2.24) is 5.32 Å². The molecule has 0 aliphatic carbocycles. The molecule has 1 aromatic carbocycles. The van der Waals surface area contributed by atoms with Crippen molar-refractivity contribution in [2.45, 2.75) is 45.6 Å². The van der Waals surface area contributed by atoms with Gasteiger partial charge in [0, 0.05) is 12.1 Å². The van der Waals surface area contributed by atoms with Gasteiger partial charge in [0.2, 0.25) is 5.91 Å². The molecule has 5 heteroatoms. The van der Waals surface area contributed by atoms with E-state index in [1.165, 1.54) is 18.9 Å². The minimum Gasteiger partial charge on any atom is -0.484 e. The van der Waals surface area contributed by atoms with Gasteiger partial charge in [-0.1, -0.05) is 38.3 Å². The third-order valence-corrected chi connectivity index (χ3v) is 3.32. The topological polar surface area (TPSA) is 81.4 Å². The largest absolute Gasteiger partial charge is 0.484 e. The van der Waals surface area contributed by atoms with Crippen LogP contribution in [0.2, 0.25) is 0 Å². The number of benzene rings is 1. The molecule has 3 N–H and O–H groups in total. The highest BCUT2D eigenvalue weighted by molar-refractivity contribution is 5.91. The van der Waals surface area contributed by atoms with Crippen LogP contribution in [0.4, 0.5) is 0 Å². The Labute approximate surface area is 137 Å². The van der Waals surface area contributed by atoms with Gasteiger partial charge in [0.1, 0.15) is 5.75 Å². The average molecular weight is 318 g/mol. The van der Waals surface area contributed by atoms with Crippen LogP contribution in [0, 0.1) is 0 Å². The molecule has 0 radical (unpaired) electrons. The summed E-state index contributed by atoms with van der Waals surface area (Å²) in [6.45, 7) is 4.04. The number of nitrogens with one attached hydrogen (secondary N) is 1. The molecule has 1 aromatic rings. The zero-order chi connectivity index (χ0) is 17.1. The van der Waals surface area contributed by atoms with Gasteiger partial charge >= 0.3 is 0 Å². The zero-order valence-corrected chi connectivity index (χ0v) is 13.9. The van der Waals surface area contributed by atoms with Gasteiger partial charge in [0.05, 0.1) is 0 Å². The minimum atomic E-state index is -0.515. The van der Waals surface area contributed by atoms with Crippen molar-refractivity contribution in [2.24, 2.45) is 5.73 Å². The van der Waals surface area contributed by atoms with Crippen LogP contribution in [-0.2, 0) is 9.59 Å². The third-order valence-electron chi connectivity index (χ3n) is 3.32. The van der Waals surface area contributed by atoms with E-state index in [0.717, 1.165) is 18.4 Å². The first-order valence-corrected chi connectivity index (χ1v) is 8.01. The van der Waals surface area contributed by atoms with Crippen LogP contribution in [0.15, 0.2) is 30.3 Å². The number of unbranched alkanes of at least 4 members (excludes halogenated alkanes) is 2. The fourth-order valence-electron chi connectivity index (χ4n) is 2.07. The molecular formula is C18H26N2O3. The van der Waals surface area contributed by atoms with Crippen LogP contribution in [0.25, 0.3) is 6.08 Å². The predicted octanol–water partition coefficient (Wildman–Crippen LogP) is 2.65. The normalized spacial score (nSPS) is 12.1. The molecule has 0 heterocycles. The van der Waals surface area contributed by atoms with Gasteiger partial charge in [-0.05, 0) is 37.1 Å². The molecule has 126 valence electrons.